The fourth-order valence-electron chi connectivity index (χ4n) is 3.09. The molecule has 0 bridgehead atoms. The van der Waals surface area contributed by atoms with Gasteiger partial charge in [-0.2, -0.15) is 0 Å². The molecule has 26 heavy (non-hydrogen) atoms. The van der Waals surface area contributed by atoms with Crippen LogP contribution in [0.4, 0.5) is 5.13 Å². The fraction of sp³-hybridized carbons (Fsp3) is 0.333. The molecule has 0 spiro atoms. The number of hydrogen-bond acceptors (Lipinski definition) is 7. The second kappa shape index (κ2) is 6.87. The van der Waals surface area contributed by atoms with E-state index in [0.29, 0.717) is 30.3 Å². The van der Waals surface area contributed by atoms with Crippen LogP contribution < -0.4 is 14.4 Å². The van der Waals surface area contributed by atoms with Gasteiger partial charge in [0, 0.05) is 26.2 Å². The number of piperazine rings is 1. The highest BCUT2D eigenvalue weighted by molar-refractivity contribution is 7.22. The number of ether oxygens (including phenoxy) is 2. The maximum atomic E-state index is 12.4. The largest absolute Gasteiger partial charge is 0.493 e. The maximum absolute atomic E-state index is 12.4. The van der Waals surface area contributed by atoms with E-state index in [-0.39, 0.29) is 5.91 Å². The lowest BCUT2D eigenvalue weighted by atomic mass is 10.3. The van der Waals surface area contributed by atoms with Gasteiger partial charge in [0.05, 0.1) is 25.2 Å². The summed E-state index contributed by atoms with van der Waals surface area (Å²) in [5.41, 5.74) is 0.806. The Hall–Kier alpha value is -2.74. The van der Waals surface area contributed by atoms with Crippen LogP contribution in [0.15, 0.2) is 34.9 Å². The van der Waals surface area contributed by atoms with Gasteiger partial charge in [-0.25, -0.2) is 4.98 Å². The normalized spacial score (nSPS) is 14.7. The van der Waals surface area contributed by atoms with E-state index in [1.165, 1.54) is 6.26 Å². The summed E-state index contributed by atoms with van der Waals surface area (Å²) in [6, 6.07) is 7.31. The summed E-state index contributed by atoms with van der Waals surface area (Å²) in [5.74, 6) is 1.64. The van der Waals surface area contributed by atoms with Gasteiger partial charge in [-0.05, 0) is 24.3 Å². The zero-order valence-corrected chi connectivity index (χ0v) is 15.4. The molecular formula is C18H19N3O4S. The number of benzene rings is 1. The average molecular weight is 373 g/mol. The summed E-state index contributed by atoms with van der Waals surface area (Å²) in [6.07, 6.45) is 1.52. The smallest absolute Gasteiger partial charge is 0.289 e. The van der Waals surface area contributed by atoms with E-state index in [9.17, 15) is 4.79 Å². The van der Waals surface area contributed by atoms with E-state index < -0.39 is 0 Å². The molecule has 1 amide bonds. The van der Waals surface area contributed by atoms with E-state index in [4.69, 9.17) is 18.9 Å². The zero-order chi connectivity index (χ0) is 18.1. The van der Waals surface area contributed by atoms with Crippen molar-refractivity contribution < 1.29 is 18.7 Å². The van der Waals surface area contributed by atoms with Crippen molar-refractivity contribution in [2.45, 2.75) is 0 Å². The Bertz CT molecular complexity index is 914. The molecule has 4 rings (SSSR count). The van der Waals surface area contributed by atoms with Crippen LogP contribution in [0.5, 0.6) is 11.5 Å². The van der Waals surface area contributed by atoms with Crippen LogP contribution in [-0.2, 0) is 0 Å². The van der Waals surface area contributed by atoms with E-state index in [1.54, 1.807) is 37.7 Å². The van der Waals surface area contributed by atoms with Crippen LogP contribution in [0, 0.1) is 0 Å². The lowest BCUT2D eigenvalue weighted by Crippen LogP contribution is -2.48. The highest BCUT2D eigenvalue weighted by Gasteiger charge is 2.26. The monoisotopic (exact) mass is 373 g/mol. The SMILES string of the molecule is COc1ccc2sc(N3CCN(C(=O)c4ccco4)CC3)nc2c1OC. The molecule has 1 aliphatic rings. The van der Waals surface area contributed by atoms with Crippen LogP contribution in [0.3, 0.4) is 0 Å². The van der Waals surface area contributed by atoms with Crippen LogP contribution in [0.2, 0.25) is 0 Å². The molecule has 136 valence electrons. The summed E-state index contributed by atoms with van der Waals surface area (Å²) in [7, 11) is 3.24. The number of anilines is 1. The molecule has 0 radical (unpaired) electrons. The molecule has 0 aliphatic carbocycles. The fourth-order valence-corrected chi connectivity index (χ4v) is 4.11. The third kappa shape index (κ3) is 2.86. The Kier molecular flexibility index (Phi) is 4.42. The predicted molar refractivity (Wildman–Crippen MR) is 99.5 cm³/mol. The van der Waals surface area contributed by atoms with E-state index in [1.807, 2.05) is 17.0 Å². The van der Waals surface area contributed by atoms with Gasteiger partial charge in [0.15, 0.2) is 22.4 Å². The molecule has 0 atom stereocenters. The van der Waals surface area contributed by atoms with Gasteiger partial charge < -0.3 is 23.7 Å². The molecule has 0 N–H and O–H groups in total. The summed E-state index contributed by atoms with van der Waals surface area (Å²) < 4.78 is 17.1. The predicted octanol–water partition coefficient (Wildman–Crippen LogP) is 2.87. The van der Waals surface area contributed by atoms with Gasteiger partial charge in [0.25, 0.3) is 5.91 Å². The number of aromatic nitrogens is 1. The minimum Gasteiger partial charge on any atom is -0.493 e. The average Bonchev–Trinajstić information content (AvgIpc) is 3.36. The van der Waals surface area contributed by atoms with E-state index in [0.717, 1.165) is 28.4 Å². The van der Waals surface area contributed by atoms with Crippen molar-refractivity contribution in [2.24, 2.45) is 0 Å². The van der Waals surface area contributed by atoms with Crippen molar-refractivity contribution >= 4 is 32.6 Å². The number of carbonyl (C=O) groups is 1. The summed E-state index contributed by atoms with van der Waals surface area (Å²) in [5, 5.41) is 0.927. The van der Waals surface area contributed by atoms with Gasteiger partial charge in [-0.15, -0.1) is 0 Å². The third-order valence-electron chi connectivity index (χ3n) is 4.46. The molecular weight excluding hydrogens is 354 g/mol. The van der Waals surface area contributed by atoms with Crippen molar-refractivity contribution in [1.29, 1.82) is 0 Å². The summed E-state index contributed by atoms with van der Waals surface area (Å²) >= 11 is 1.62. The molecule has 0 saturated carbocycles. The lowest BCUT2D eigenvalue weighted by molar-refractivity contribution is 0.0714. The molecule has 2 aromatic heterocycles. The number of hydrogen-bond donors (Lipinski definition) is 0. The minimum absolute atomic E-state index is 0.0645. The van der Waals surface area contributed by atoms with E-state index in [2.05, 4.69) is 4.90 Å². The number of nitrogens with zero attached hydrogens (tertiary/aromatic N) is 3. The van der Waals surface area contributed by atoms with Gasteiger partial charge >= 0.3 is 0 Å². The molecule has 1 aromatic carbocycles. The Morgan fingerprint density at radius 3 is 2.62 bits per heavy atom. The highest BCUT2D eigenvalue weighted by atomic mass is 32.1. The van der Waals surface area contributed by atoms with Crippen molar-refractivity contribution in [2.75, 3.05) is 45.3 Å². The second-order valence-corrected chi connectivity index (χ2v) is 6.91. The first-order valence-electron chi connectivity index (χ1n) is 8.30. The van der Waals surface area contributed by atoms with Crippen LogP contribution in [0.1, 0.15) is 10.6 Å². The van der Waals surface area contributed by atoms with Crippen molar-refractivity contribution in [3.8, 4) is 11.5 Å². The lowest BCUT2D eigenvalue weighted by Gasteiger charge is -2.34. The highest BCUT2D eigenvalue weighted by Crippen LogP contribution is 2.40. The number of thiazole rings is 1. The zero-order valence-electron chi connectivity index (χ0n) is 14.6. The van der Waals surface area contributed by atoms with Gasteiger partial charge in [0.2, 0.25) is 0 Å². The van der Waals surface area contributed by atoms with Crippen molar-refractivity contribution in [1.82, 2.24) is 9.88 Å². The first kappa shape index (κ1) is 16.7. The van der Waals surface area contributed by atoms with Crippen molar-refractivity contribution in [3.63, 3.8) is 0 Å². The number of amides is 1. The van der Waals surface area contributed by atoms with Gasteiger partial charge in [-0.3, -0.25) is 4.79 Å². The number of furan rings is 1. The molecule has 0 unspecified atom stereocenters. The van der Waals surface area contributed by atoms with Crippen LogP contribution in [0.25, 0.3) is 10.2 Å². The second-order valence-electron chi connectivity index (χ2n) is 5.90. The topological polar surface area (TPSA) is 68.0 Å². The van der Waals surface area contributed by atoms with Crippen molar-refractivity contribution in [3.05, 3.63) is 36.3 Å². The van der Waals surface area contributed by atoms with Crippen LogP contribution >= 0.6 is 11.3 Å². The standard InChI is InChI=1S/C18H19N3O4S/c1-23-12-5-6-14-15(16(12)24-2)19-18(26-14)21-9-7-20(8-10-21)17(22)13-4-3-11-25-13/h3-6,11H,7-10H2,1-2H3. The van der Waals surface area contributed by atoms with E-state index >= 15 is 0 Å². The molecule has 3 aromatic rings. The summed E-state index contributed by atoms with van der Waals surface area (Å²) in [4.78, 5) is 21.1. The molecule has 1 aliphatic heterocycles. The number of methoxy groups -OCH3 is 2. The molecule has 1 saturated heterocycles. The number of carbonyl (C=O) groups excluding carboxylic acids is 1. The molecule has 8 heteroatoms. The third-order valence-corrected chi connectivity index (χ3v) is 5.54. The van der Waals surface area contributed by atoms with Gasteiger partial charge in [-0.1, -0.05) is 11.3 Å². The first-order valence-corrected chi connectivity index (χ1v) is 9.12. The minimum atomic E-state index is -0.0645. The van der Waals surface area contributed by atoms with Crippen LogP contribution in [-0.4, -0.2) is 56.2 Å². The molecule has 3 heterocycles. The molecule has 1 fully saturated rings. The Morgan fingerprint density at radius 2 is 1.96 bits per heavy atom. The number of fused-ring (bicyclic) bond motifs is 1. The number of rotatable bonds is 4. The Morgan fingerprint density at radius 1 is 1.15 bits per heavy atom. The molecule has 7 nitrogen and oxygen atoms in total. The van der Waals surface area contributed by atoms with Gasteiger partial charge in [0.1, 0.15) is 5.52 Å². The quantitative estimate of drug-likeness (QED) is 0.701. The Labute approximate surface area is 154 Å². The first-order chi connectivity index (χ1) is 12.7. The summed E-state index contributed by atoms with van der Waals surface area (Å²) in [6.45, 7) is 2.73. The maximum Gasteiger partial charge on any atom is 0.289 e. The Balaban J connectivity index is 1.52.